The fraction of sp³-hybridized carbons (Fsp3) is 0.625. The van der Waals surface area contributed by atoms with E-state index in [1.807, 2.05) is 0 Å². The first kappa shape index (κ1) is 23.4. The molecular formula is C24H38IN5. The van der Waals surface area contributed by atoms with Gasteiger partial charge >= 0.3 is 0 Å². The van der Waals surface area contributed by atoms with E-state index in [2.05, 4.69) is 63.8 Å². The topological polar surface area (TPSA) is 42.9 Å². The zero-order valence-electron chi connectivity index (χ0n) is 18.4. The van der Waals surface area contributed by atoms with Gasteiger partial charge in [-0.05, 0) is 50.3 Å². The second kappa shape index (κ2) is 11.9. The number of rotatable bonds is 6. The van der Waals surface area contributed by atoms with Gasteiger partial charge in [0.25, 0.3) is 0 Å². The van der Waals surface area contributed by atoms with E-state index >= 15 is 0 Å². The first-order valence-electron chi connectivity index (χ1n) is 11.6. The molecule has 0 aromatic heterocycles. The molecule has 166 valence electrons. The fourth-order valence-electron chi connectivity index (χ4n) is 4.86. The zero-order chi connectivity index (χ0) is 19.9. The van der Waals surface area contributed by atoms with Crippen LogP contribution in [0.2, 0.25) is 0 Å². The summed E-state index contributed by atoms with van der Waals surface area (Å²) >= 11 is 0. The Labute approximate surface area is 199 Å². The van der Waals surface area contributed by atoms with Crippen LogP contribution in [0.5, 0.6) is 0 Å². The molecule has 5 nitrogen and oxygen atoms in total. The van der Waals surface area contributed by atoms with Crippen molar-refractivity contribution in [3.8, 4) is 0 Å². The lowest BCUT2D eigenvalue weighted by Gasteiger charge is -2.36. The summed E-state index contributed by atoms with van der Waals surface area (Å²) in [6, 6.07) is 10.3. The van der Waals surface area contributed by atoms with Crippen molar-refractivity contribution in [1.29, 1.82) is 0 Å². The SMILES string of the molecule is CCNC(=NCc1ccc(N2CC=CC2)cc1)NC1CCN(C2CCCC2)CC1.I. The Bertz CT molecular complexity index is 680. The Kier molecular flexibility index (Phi) is 9.30. The third kappa shape index (κ3) is 6.36. The van der Waals surface area contributed by atoms with E-state index in [1.54, 1.807) is 0 Å². The third-order valence-corrected chi connectivity index (χ3v) is 6.60. The Morgan fingerprint density at radius 2 is 1.67 bits per heavy atom. The summed E-state index contributed by atoms with van der Waals surface area (Å²) in [4.78, 5) is 9.96. The van der Waals surface area contributed by atoms with E-state index in [9.17, 15) is 0 Å². The normalized spacial score (nSPS) is 21.1. The van der Waals surface area contributed by atoms with Crippen LogP contribution in [-0.2, 0) is 6.54 Å². The Hall–Kier alpha value is -1.28. The van der Waals surface area contributed by atoms with Gasteiger partial charge in [0, 0.05) is 50.5 Å². The van der Waals surface area contributed by atoms with Gasteiger partial charge in [0.1, 0.15) is 0 Å². The summed E-state index contributed by atoms with van der Waals surface area (Å²) in [5.41, 5.74) is 2.55. The molecule has 0 unspecified atom stereocenters. The lowest BCUT2D eigenvalue weighted by Crippen LogP contribution is -2.50. The van der Waals surface area contributed by atoms with Crippen LogP contribution in [0.15, 0.2) is 41.4 Å². The van der Waals surface area contributed by atoms with Gasteiger partial charge in [0.15, 0.2) is 5.96 Å². The molecule has 2 N–H and O–H groups in total. The quantitative estimate of drug-likeness (QED) is 0.255. The maximum absolute atomic E-state index is 4.86. The number of guanidine groups is 1. The molecule has 2 fully saturated rings. The first-order chi connectivity index (χ1) is 14.3. The molecule has 1 aromatic rings. The molecule has 4 rings (SSSR count). The number of hydrogen-bond acceptors (Lipinski definition) is 3. The largest absolute Gasteiger partial charge is 0.364 e. The summed E-state index contributed by atoms with van der Waals surface area (Å²) < 4.78 is 0. The van der Waals surface area contributed by atoms with Crippen LogP contribution >= 0.6 is 24.0 Å². The lowest BCUT2D eigenvalue weighted by atomic mass is 10.0. The molecule has 0 amide bonds. The number of likely N-dealkylation sites (tertiary alicyclic amines) is 1. The van der Waals surface area contributed by atoms with Gasteiger partial charge in [0.2, 0.25) is 0 Å². The van der Waals surface area contributed by atoms with Crippen molar-refractivity contribution in [1.82, 2.24) is 15.5 Å². The van der Waals surface area contributed by atoms with E-state index < -0.39 is 0 Å². The number of piperidine rings is 1. The molecule has 0 spiro atoms. The monoisotopic (exact) mass is 523 g/mol. The van der Waals surface area contributed by atoms with Crippen molar-refractivity contribution >= 4 is 35.6 Å². The van der Waals surface area contributed by atoms with Gasteiger partial charge < -0.3 is 20.4 Å². The van der Waals surface area contributed by atoms with Crippen LogP contribution in [0.3, 0.4) is 0 Å². The van der Waals surface area contributed by atoms with Gasteiger partial charge in [-0.25, -0.2) is 4.99 Å². The smallest absolute Gasteiger partial charge is 0.191 e. The highest BCUT2D eigenvalue weighted by molar-refractivity contribution is 14.0. The van der Waals surface area contributed by atoms with Gasteiger partial charge in [-0.15, -0.1) is 24.0 Å². The zero-order valence-corrected chi connectivity index (χ0v) is 20.7. The van der Waals surface area contributed by atoms with E-state index in [0.29, 0.717) is 6.04 Å². The number of aliphatic imine (C=N–C) groups is 1. The molecule has 1 saturated carbocycles. The second-order valence-electron chi connectivity index (χ2n) is 8.63. The van der Waals surface area contributed by atoms with Crippen molar-refractivity contribution in [3.05, 3.63) is 42.0 Å². The molecule has 2 heterocycles. The average Bonchev–Trinajstić information content (AvgIpc) is 3.47. The van der Waals surface area contributed by atoms with Gasteiger partial charge in [0.05, 0.1) is 6.54 Å². The van der Waals surface area contributed by atoms with Crippen molar-refractivity contribution < 1.29 is 0 Å². The van der Waals surface area contributed by atoms with Gasteiger partial charge in [-0.1, -0.05) is 37.1 Å². The summed E-state index contributed by atoms with van der Waals surface area (Å²) in [7, 11) is 0. The summed E-state index contributed by atoms with van der Waals surface area (Å²) in [6.07, 6.45) is 12.6. The van der Waals surface area contributed by atoms with E-state index in [4.69, 9.17) is 4.99 Å². The molecule has 1 aromatic carbocycles. The highest BCUT2D eigenvalue weighted by Gasteiger charge is 2.27. The number of halogens is 1. The van der Waals surface area contributed by atoms with Crippen LogP contribution < -0.4 is 15.5 Å². The number of nitrogens with zero attached hydrogens (tertiary/aromatic N) is 3. The fourth-order valence-corrected chi connectivity index (χ4v) is 4.86. The predicted molar refractivity (Wildman–Crippen MR) is 138 cm³/mol. The predicted octanol–water partition coefficient (Wildman–Crippen LogP) is 4.14. The minimum absolute atomic E-state index is 0. The van der Waals surface area contributed by atoms with Crippen LogP contribution in [0.1, 0.15) is 51.0 Å². The molecule has 0 bridgehead atoms. The second-order valence-corrected chi connectivity index (χ2v) is 8.63. The number of benzene rings is 1. The van der Waals surface area contributed by atoms with Crippen molar-refractivity contribution in [2.45, 2.75) is 64.1 Å². The first-order valence-corrected chi connectivity index (χ1v) is 11.6. The molecule has 1 aliphatic carbocycles. The molecular weight excluding hydrogens is 485 g/mol. The molecule has 2 aliphatic heterocycles. The van der Waals surface area contributed by atoms with Crippen molar-refractivity contribution in [3.63, 3.8) is 0 Å². The molecule has 0 atom stereocenters. The van der Waals surface area contributed by atoms with Crippen molar-refractivity contribution in [2.24, 2.45) is 4.99 Å². The standard InChI is InChI=1S/C24H37N5.HI/c1-2-25-24(27-21-13-17-29(18-14-21)22-7-3-4-8-22)26-19-20-9-11-23(12-10-20)28-15-5-6-16-28;/h5-6,9-12,21-22H,2-4,7-8,13-19H2,1H3,(H2,25,26,27);1H. The van der Waals surface area contributed by atoms with Gasteiger partial charge in [-0.2, -0.15) is 0 Å². The van der Waals surface area contributed by atoms with Gasteiger partial charge in [-0.3, -0.25) is 0 Å². The van der Waals surface area contributed by atoms with Crippen molar-refractivity contribution in [2.75, 3.05) is 37.6 Å². The molecule has 1 saturated heterocycles. The summed E-state index contributed by atoms with van der Waals surface area (Å²) in [6.45, 7) is 8.25. The molecule has 3 aliphatic rings. The van der Waals surface area contributed by atoms with Crippen LogP contribution in [0.4, 0.5) is 5.69 Å². The van der Waals surface area contributed by atoms with Crippen LogP contribution in [-0.4, -0.2) is 55.7 Å². The Morgan fingerprint density at radius 1 is 1.00 bits per heavy atom. The maximum atomic E-state index is 4.86. The number of anilines is 1. The highest BCUT2D eigenvalue weighted by Crippen LogP contribution is 2.26. The summed E-state index contributed by atoms with van der Waals surface area (Å²) in [5.74, 6) is 0.958. The highest BCUT2D eigenvalue weighted by atomic mass is 127. The molecule has 6 heteroatoms. The van der Waals surface area contributed by atoms with E-state index in [1.165, 1.54) is 62.9 Å². The minimum atomic E-state index is 0. The third-order valence-electron chi connectivity index (χ3n) is 6.60. The maximum Gasteiger partial charge on any atom is 0.191 e. The number of nitrogens with one attached hydrogen (secondary N) is 2. The van der Waals surface area contributed by atoms with E-state index in [0.717, 1.165) is 38.2 Å². The molecule has 0 radical (unpaired) electrons. The lowest BCUT2D eigenvalue weighted by molar-refractivity contribution is 0.150. The summed E-state index contributed by atoms with van der Waals surface area (Å²) in [5, 5.41) is 7.12. The molecule has 30 heavy (non-hydrogen) atoms. The average molecular weight is 524 g/mol. The Morgan fingerprint density at radius 3 is 2.30 bits per heavy atom. The van der Waals surface area contributed by atoms with Crippen LogP contribution in [0, 0.1) is 0 Å². The van der Waals surface area contributed by atoms with E-state index in [-0.39, 0.29) is 24.0 Å². The number of hydrogen-bond donors (Lipinski definition) is 2. The van der Waals surface area contributed by atoms with Crippen LogP contribution in [0.25, 0.3) is 0 Å². The Balaban J connectivity index is 0.00000256. The minimum Gasteiger partial charge on any atom is -0.364 e.